The number of rotatable bonds is 8. The van der Waals surface area contributed by atoms with Crippen LogP contribution in [0.4, 0.5) is 0 Å². The molecule has 4 unspecified atom stereocenters. The van der Waals surface area contributed by atoms with Gasteiger partial charge in [0.1, 0.15) is 6.10 Å². The van der Waals surface area contributed by atoms with Gasteiger partial charge in [0, 0.05) is 0 Å². The van der Waals surface area contributed by atoms with Crippen molar-refractivity contribution in [3.05, 3.63) is 41.4 Å². The molecule has 2 rings (SSSR count). The molecule has 1 aliphatic heterocycles. The van der Waals surface area contributed by atoms with Crippen LogP contribution in [0.25, 0.3) is 0 Å². The van der Waals surface area contributed by atoms with Gasteiger partial charge in [0.25, 0.3) is 0 Å². The molecular weight excluding hydrogens is 308 g/mol. The largest absolute Gasteiger partial charge is 0.385 e. The molecule has 142 valence electrons. The standard InChI is InChI=1S/C23H37O2/c1-16(2)9-7-10-17(3)11-8-13-23(6)14-12-20-15-21(24)18(4)19(5)22(20)25-23/h9,15,17,21-22,24H,1,7-8,10-14H2,2-6H3/q-1. The molecule has 0 amide bonds. The zero-order valence-electron chi connectivity index (χ0n) is 16.9. The number of aliphatic hydroxyl groups is 1. The van der Waals surface area contributed by atoms with Crippen LogP contribution in [0.15, 0.2) is 34.9 Å². The van der Waals surface area contributed by atoms with E-state index in [4.69, 9.17) is 4.74 Å². The van der Waals surface area contributed by atoms with Crippen LogP contribution >= 0.6 is 0 Å². The molecular formula is C23H37O2-. The second kappa shape index (κ2) is 8.60. The normalized spacial score (nSPS) is 30.6. The van der Waals surface area contributed by atoms with E-state index in [2.05, 4.69) is 40.7 Å². The number of fused-ring (bicyclic) bond motifs is 1. The summed E-state index contributed by atoms with van der Waals surface area (Å²) >= 11 is 0. The van der Waals surface area contributed by atoms with Crippen LogP contribution in [-0.2, 0) is 4.74 Å². The molecule has 1 heterocycles. The van der Waals surface area contributed by atoms with E-state index < -0.39 is 6.10 Å². The molecule has 4 atom stereocenters. The van der Waals surface area contributed by atoms with Crippen molar-refractivity contribution in [2.75, 3.05) is 0 Å². The molecule has 0 bridgehead atoms. The van der Waals surface area contributed by atoms with Gasteiger partial charge in [-0.3, -0.25) is 0 Å². The van der Waals surface area contributed by atoms with E-state index in [1.54, 1.807) is 0 Å². The van der Waals surface area contributed by atoms with Gasteiger partial charge in [-0.25, -0.2) is 18.6 Å². The van der Waals surface area contributed by atoms with Crippen LogP contribution in [0.3, 0.4) is 0 Å². The zero-order valence-corrected chi connectivity index (χ0v) is 16.9. The Labute approximate surface area is 155 Å². The Morgan fingerprint density at radius 1 is 1.40 bits per heavy atom. The highest BCUT2D eigenvalue weighted by molar-refractivity contribution is 5.37. The highest BCUT2D eigenvalue weighted by Gasteiger charge is 2.38. The number of aliphatic hydroxyl groups excluding tert-OH is 1. The van der Waals surface area contributed by atoms with Crippen LogP contribution in [0.1, 0.15) is 79.6 Å². The SMILES string of the molecule is C=C(C)[CH-]CCC(C)CCCC1(C)CCC2=CC(O)C(C)=C(C)C2O1. The van der Waals surface area contributed by atoms with Crippen molar-refractivity contribution in [3.8, 4) is 0 Å². The summed E-state index contributed by atoms with van der Waals surface area (Å²) in [6, 6.07) is 0. The van der Waals surface area contributed by atoms with Gasteiger partial charge in [-0.15, -0.1) is 6.42 Å². The highest BCUT2D eigenvalue weighted by atomic mass is 16.5. The Morgan fingerprint density at radius 2 is 2.12 bits per heavy atom. The van der Waals surface area contributed by atoms with Crippen molar-refractivity contribution in [2.45, 2.75) is 97.4 Å². The topological polar surface area (TPSA) is 29.5 Å². The molecule has 0 spiro atoms. The first kappa shape index (κ1) is 20.3. The van der Waals surface area contributed by atoms with Gasteiger partial charge in [-0.05, 0) is 68.7 Å². The Hall–Kier alpha value is -0.990. The molecule has 2 heteroatoms. The van der Waals surface area contributed by atoms with Gasteiger partial charge in [0.15, 0.2) is 0 Å². The summed E-state index contributed by atoms with van der Waals surface area (Å²) in [5.41, 5.74) is 4.68. The van der Waals surface area contributed by atoms with E-state index in [-0.39, 0.29) is 11.7 Å². The van der Waals surface area contributed by atoms with E-state index in [1.807, 2.05) is 13.0 Å². The fraction of sp³-hybridized carbons (Fsp3) is 0.696. The van der Waals surface area contributed by atoms with Gasteiger partial charge < -0.3 is 9.84 Å². The van der Waals surface area contributed by atoms with Crippen LogP contribution in [0.2, 0.25) is 0 Å². The smallest absolute Gasteiger partial charge is 0.100 e. The first-order valence-corrected chi connectivity index (χ1v) is 9.94. The first-order chi connectivity index (χ1) is 11.7. The maximum absolute atomic E-state index is 10.1. The molecule has 0 aromatic carbocycles. The highest BCUT2D eigenvalue weighted by Crippen LogP contribution is 2.41. The monoisotopic (exact) mass is 345 g/mol. The minimum Gasteiger partial charge on any atom is -0.385 e. The molecule has 1 N–H and O–H groups in total. The van der Waals surface area contributed by atoms with Crippen molar-refractivity contribution in [3.63, 3.8) is 0 Å². The number of hydrogen-bond acceptors (Lipinski definition) is 2. The minimum atomic E-state index is -0.420. The first-order valence-electron chi connectivity index (χ1n) is 9.94. The molecule has 1 aliphatic carbocycles. The Bertz CT molecular complexity index is 542. The third-order valence-corrected chi connectivity index (χ3v) is 6.07. The minimum absolute atomic E-state index is 0.0324. The summed E-state index contributed by atoms with van der Waals surface area (Å²) in [6.45, 7) is 14.8. The van der Waals surface area contributed by atoms with E-state index in [9.17, 15) is 5.11 Å². The lowest BCUT2D eigenvalue weighted by atomic mass is 9.79. The quantitative estimate of drug-likeness (QED) is 0.436. The molecule has 0 saturated carbocycles. The van der Waals surface area contributed by atoms with E-state index in [0.29, 0.717) is 0 Å². The van der Waals surface area contributed by atoms with E-state index in [0.717, 1.165) is 37.2 Å². The number of hydrogen-bond donors (Lipinski definition) is 1. The van der Waals surface area contributed by atoms with Crippen molar-refractivity contribution in [1.82, 2.24) is 0 Å². The lowest BCUT2D eigenvalue weighted by Crippen LogP contribution is -2.42. The van der Waals surface area contributed by atoms with Crippen LogP contribution < -0.4 is 0 Å². The van der Waals surface area contributed by atoms with Gasteiger partial charge in [-0.2, -0.15) is 0 Å². The van der Waals surface area contributed by atoms with Crippen molar-refractivity contribution >= 4 is 0 Å². The van der Waals surface area contributed by atoms with Gasteiger partial charge in [-0.1, -0.05) is 33.1 Å². The zero-order chi connectivity index (χ0) is 18.6. The molecule has 1 saturated heterocycles. The summed E-state index contributed by atoms with van der Waals surface area (Å²) in [5.74, 6) is 0.756. The van der Waals surface area contributed by atoms with Crippen LogP contribution in [0, 0.1) is 12.3 Å². The molecule has 0 aromatic heterocycles. The molecule has 0 aromatic rings. The molecule has 0 radical (unpaired) electrons. The lowest BCUT2D eigenvalue weighted by molar-refractivity contribution is -0.0871. The van der Waals surface area contributed by atoms with Gasteiger partial charge >= 0.3 is 0 Å². The van der Waals surface area contributed by atoms with E-state index >= 15 is 0 Å². The average molecular weight is 346 g/mol. The van der Waals surface area contributed by atoms with Crippen molar-refractivity contribution in [2.24, 2.45) is 5.92 Å². The van der Waals surface area contributed by atoms with E-state index in [1.165, 1.54) is 36.0 Å². The summed E-state index contributed by atoms with van der Waals surface area (Å²) in [4.78, 5) is 0. The second-order valence-electron chi connectivity index (χ2n) is 8.63. The maximum atomic E-state index is 10.1. The summed E-state index contributed by atoms with van der Waals surface area (Å²) in [5, 5.41) is 10.1. The second-order valence-corrected chi connectivity index (χ2v) is 8.63. The fourth-order valence-corrected chi connectivity index (χ4v) is 4.03. The fourth-order valence-electron chi connectivity index (χ4n) is 4.03. The predicted molar refractivity (Wildman–Crippen MR) is 106 cm³/mol. The third-order valence-electron chi connectivity index (χ3n) is 6.07. The third kappa shape index (κ3) is 5.49. The molecule has 2 nitrogen and oxygen atoms in total. The lowest BCUT2D eigenvalue weighted by Gasteiger charge is -2.43. The van der Waals surface area contributed by atoms with Gasteiger partial charge in [0.2, 0.25) is 0 Å². The Morgan fingerprint density at radius 3 is 2.80 bits per heavy atom. The average Bonchev–Trinajstić information content (AvgIpc) is 2.53. The van der Waals surface area contributed by atoms with Crippen molar-refractivity contribution in [1.29, 1.82) is 0 Å². The summed E-state index contributed by atoms with van der Waals surface area (Å²) < 4.78 is 6.55. The predicted octanol–water partition coefficient (Wildman–Crippen LogP) is 5.93. The summed E-state index contributed by atoms with van der Waals surface area (Å²) in [7, 11) is 0. The number of allylic oxidation sites excluding steroid dienone is 1. The Balaban J connectivity index is 1.81. The van der Waals surface area contributed by atoms with Crippen LogP contribution in [0.5, 0.6) is 0 Å². The van der Waals surface area contributed by atoms with Gasteiger partial charge in [0.05, 0.1) is 11.7 Å². The maximum Gasteiger partial charge on any atom is 0.100 e. The molecule has 1 fully saturated rings. The summed E-state index contributed by atoms with van der Waals surface area (Å²) in [6.07, 6.45) is 12.0. The number of ether oxygens (including phenoxy) is 1. The van der Waals surface area contributed by atoms with Crippen molar-refractivity contribution < 1.29 is 9.84 Å². The van der Waals surface area contributed by atoms with Crippen LogP contribution in [-0.4, -0.2) is 22.9 Å². The Kier molecular flexibility index (Phi) is 6.99. The molecule has 25 heavy (non-hydrogen) atoms. The molecule has 2 aliphatic rings.